The maximum Gasteiger partial charge on any atom is 0.207 e. The van der Waals surface area contributed by atoms with Gasteiger partial charge in [-0.05, 0) is 37.1 Å². The van der Waals surface area contributed by atoms with Crippen LogP contribution in [0.2, 0.25) is 0 Å². The van der Waals surface area contributed by atoms with Crippen LogP contribution in [0.25, 0.3) is 22.3 Å². The van der Waals surface area contributed by atoms with E-state index in [0.717, 1.165) is 25.1 Å². The molecule has 1 aliphatic heterocycles. The topological polar surface area (TPSA) is 60.6 Å². The van der Waals surface area contributed by atoms with Crippen molar-refractivity contribution in [2.75, 3.05) is 6.54 Å². The highest BCUT2D eigenvalue weighted by molar-refractivity contribution is 5.94. The number of benzene rings is 1. The van der Waals surface area contributed by atoms with Gasteiger partial charge in [0.15, 0.2) is 0 Å². The molecule has 0 bridgehead atoms. The molecule has 1 aliphatic rings. The summed E-state index contributed by atoms with van der Waals surface area (Å²) in [7, 11) is 2.05. The molecule has 0 radical (unpaired) electrons. The van der Waals surface area contributed by atoms with E-state index in [0.29, 0.717) is 11.9 Å². The van der Waals surface area contributed by atoms with Crippen LogP contribution in [0.5, 0.6) is 0 Å². The van der Waals surface area contributed by atoms with Crippen LogP contribution in [0.4, 0.5) is 0 Å². The number of nitrogens with one attached hydrogen (secondary N) is 1. The Bertz CT molecular complexity index is 796. The number of fused-ring (bicyclic) bond motifs is 1. The molecule has 1 aromatic carbocycles. The van der Waals surface area contributed by atoms with Gasteiger partial charge >= 0.3 is 0 Å². The second kappa shape index (κ2) is 6.12. The normalized spacial score (nSPS) is 18.6. The molecular formula is C17H22N6. The fourth-order valence-electron chi connectivity index (χ4n) is 3.41. The molecule has 0 amide bonds. The molecule has 2 aromatic heterocycles. The SMILES string of the molecule is Cn1cc(-c2nnn(CCC3CCCCN3)n2)c2ccccc21. The zero-order valence-electron chi connectivity index (χ0n) is 13.4. The molecule has 1 fully saturated rings. The lowest BCUT2D eigenvalue weighted by Crippen LogP contribution is -2.34. The molecule has 1 N–H and O–H groups in total. The summed E-state index contributed by atoms with van der Waals surface area (Å²) in [6.45, 7) is 1.95. The Labute approximate surface area is 135 Å². The average Bonchev–Trinajstić information content (AvgIpc) is 3.19. The standard InChI is InChI=1S/C17H22N6/c1-22-12-15(14-7-2-3-8-16(14)22)17-19-21-23(20-17)11-9-13-6-4-5-10-18-13/h2-3,7-8,12-13,18H,4-6,9-11H2,1H3. The van der Waals surface area contributed by atoms with Crippen LogP contribution in [-0.2, 0) is 13.6 Å². The summed E-state index contributed by atoms with van der Waals surface area (Å²) in [5, 5.41) is 17.8. The zero-order valence-corrected chi connectivity index (χ0v) is 13.4. The maximum absolute atomic E-state index is 4.58. The predicted octanol–water partition coefficient (Wildman–Crippen LogP) is 2.36. The van der Waals surface area contributed by atoms with Crippen LogP contribution in [-0.4, -0.2) is 37.4 Å². The number of aryl methyl sites for hydroxylation is 2. The molecule has 1 saturated heterocycles. The minimum absolute atomic E-state index is 0.593. The number of nitrogens with zero attached hydrogens (tertiary/aromatic N) is 5. The minimum Gasteiger partial charge on any atom is -0.350 e. The molecule has 0 aliphatic carbocycles. The first-order chi connectivity index (χ1) is 11.3. The lowest BCUT2D eigenvalue weighted by molar-refractivity contribution is 0.349. The van der Waals surface area contributed by atoms with Crippen molar-refractivity contribution in [3.8, 4) is 11.4 Å². The molecule has 0 spiro atoms. The zero-order chi connectivity index (χ0) is 15.6. The Kier molecular flexibility index (Phi) is 3.83. The van der Waals surface area contributed by atoms with Gasteiger partial charge < -0.3 is 9.88 Å². The number of piperidine rings is 1. The van der Waals surface area contributed by atoms with Crippen LogP contribution >= 0.6 is 0 Å². The van der Waals surface area contributed by atoms with E-state index in [1.165, 1.54) is 30.2 Å². The van der Waals surface area contributed by atoms with Gasteiger partial charge in [0.25, 0.3) is 0 Å². The van der Waals surface area contributed by atoms with Crippen molar-refractivity contribution in [2.45, 2.75) is 38.3 Å². The smallest absolute Gasteiger partial charge is 0.207 e. The van der Waals surface area contributed by atoms with E-state index in [1.54, 1.807) is 4.80 Å². The van der Waals surface area contributed by atoms with Crippen molar-refractivity contribution in [3.63, 3.8) is 0 Å². The Morgan fingerprint density at radius 1 is 1.26 bits per heavy atom. The van der Waals surface area contributed by atoms with Crippen LogP contribution < -0.4 is 5.32 Å². The summed E-state index contributed by atoms with van der Waals surface area (Å²) in [6, 6.07) is 8.91. The van der Waals surface area contributed by atoms with Crippen LogP contribution in [0.1, 0.15) is 25.7 Å². The van der Waals surface area contributed by atoms with Crippen LogP contribution in [0, 0.1) is 0 Å². The summed E-state index contributed by atoms with van der Waals surface area (Å²) in [4.78, 5) is 1.73. The molecule has 3 heterocycles. The first-order valence-electron chi connectivity index (χ1n) is 8.37. The molecule has 0 saturated carbocycles. The summed E-state index contributed by atoms with van der Waals surface area (Å²) < 4.78 is 2.11. The molecule has 1 atom stereocenters. The number of para-hydroxylation sites is 1. The third kappa shape index (κ3) is 2.86. The predicted molar refractivity (Wildman–Crippen MR) is 90.0 cm³/mol. The van der Waals surface area contributed by atoms with Gasteiger partial charge in [-0.15, -0.1) is 10.2 Å². The summed E-state index contributed by atoms with van der Waals surface area (Å²) >= 11 is 0. The molecular weight excluding hydrogens is 288 g/mol. The van der Waals surface area contributed by atoms with Crippen LogP contribution in [0.15, 0.2) is 30.5 Å². The summed E-state index contributed by atoms with van der Waals surface area (Å²) in [5.74, 6) is 0.707. The van der Waals surface area contributed by atoms with Gasteiger partial charge in [0.05, 0.1) is 6.54 Å². The van der Waals surface area contributed by atoms with E-state index in [9.17, 15) is 0 Å². The maximum atomic E-state index is 4.58. The van der Waals surface area contributed by atoms with Gasteiger partial charge in [0, 0.05) is 35.8 Å². The number of hydrogen-bond acceptors (Lipinski definition) is 4. The monoisotopic (exact) mass is 310 g/mol. The first kappa shape index (κ1) is 14.4. The van der Waals surface area contributed by atoms with Crippen LogP contribution in [0.3, 0.4) is 0 Å². The Morgan fingerprint density at radius 2 is 2.17 bits per heavy atom. The lowest BCUT2D eigenvalue weighted by Gasteiger charge is -2.22. The van der Waals surface area contributed by atoms with Gasteiger partial charge in [-0.1, -0.05) is 24.6 Å². The van der Waals surface area contributed by atoms with Crippen molar-refractivity contribution in [1.29, 1.82) is 0 Å². The molecule has 120 valence electrons. The van der Waals surface area contributed by atoms with Gasteiger partial charge in [-0.2, -0.15) is 4.80 Å². The molecule has 6 heteroatoms. The highest BCUT2D eigenvalue weighted by atomic mass is 15.6. The molecule has 6 nitrogen and oxygen atoms in total. The van der Waals surface area contributed by atoms with E-state index in [2.05, 4.69) is 43.6 Å². The van der Waals surface area contributed by atoms with Crippen molar-refractivity contribution >= 4 is 10.9 Å². The second-order valence-electron chi connectivity index (χ2n) is 6.32. The summed E-state index contributed by atoms with van der Waals surface area (Å²) in [5.41, 5.74) is 2.23. The average molecular weight is 310 g/mol. The van der Waals surface area contributed by atoms with Gasteiger partial charge in [0.1, 0.15) is 0 Å². The highest BCUT2D eigenvalue weighted by Crippen LogP contribution is 2.27. The number of rotatable bonds is 4. The Hall–Kier alpha value is -2.21. The van der Waals surface area contributed by atoms with Crippen molar-refractivity contribution in [2.24, 2.45) is 7.05 Å². The quantitative estimate of drug-likeness (QED) is 0.803. The molecule has 23 heavy (non-hydrogen) atoms. The molecule has 4 rings (SSSR count). The fraction of sp³-hybridized carbons (Fsp3) is 0.471. The van der Waals surface area contributed by atoms with E-state index in [4.69, 9.17) is 0 Å². The molecule has 1 unspecified atom stereocenters. The largest absolute Gasteiger partial charge is 0.350 e. The number of hydrogen-bond donors (Lipinski definition) is 1. The fourth-order valence-corrected chi connectivity index (χ4v) is 3.41. The molecule has 3 aromatic rings. The highest BCUT2D eigenvalue weighted by Gasteiger charge is 2.15. The van der Waals surface area contributed by atoms with E-state index >= 15 is 0 Å². The number of tetrazole rings is 1. The number of aromatic nitrogens is 5. The van der Waals surface area contributed by atoms with Crippen molar-refractivity contribution < 1.29 is 0 Å². The third-order valence-corrected chi connectivity index (χ3v) is 4.68. The Balaban J connectivity index is 1.52. The van der Waals surface area contributed by atoms with Crippen molar-refractivity contribution in [3.05, 3.63) is 30.5 Å². The van der Waals surface area contributed by atoms with E-state index < -0.39 is 0 Å². The summed E-state index contributed by atoms with van der Waals surface area (Å²) in [6.07, 6.45) is 7.01. The minimum atomic E-state index is 0.593. The van der Waals surface area contributed by atoms with E-state index in [-0.39, 0.29) is 0 Å². The third-order valence-electron chi connectivity index (χ3n) is 4.68. The Morgan fingerprint density at radius 3 is 3.04 bits per heavy atom. The van der Waals surface area contributed by atoms with E-state index in [1.807, 2.05) is 19.2 Å². The van der Waals surface area contributed by atoms with Gasteiger partial charge in [-0.25, -0.2) is 0 Å². The van der Waals surface area contributed by atoms with Gasteiger partial charge in [0.2, 0.25) is 5.82 Å². The van der Waals surface area contributed by atoms with Crippen molar-refractivity contribution in [1.82, 2.24) is 30.1 Å². The lowest BCUT2D eigenvalue weighted by atomic mass is 10.0. The van der Waals surface area contributed by atoms with Gasteiger partial charge in [-0.3, -0.25) is 0 Å². The second-order valence-corrected chi connectivity index (χ2v) is 6.32. The first-order valence-corrected chi connectivity index (χ1v) is 8.37.